The molecule has 1 aromatic heterocycles. The van der Waals surface area contributed by atoms with Crippen LogP contribution in [0, 0.1) is 22.9 Å². The van der Waals surface area contributed by atoms with Crippen molar-refractivity contribution < 1.29 is 9.31 Å². The van der Waals surface area contributed by atoms with Gasteiger partial charge in [0.2, 0.25) is 0 Å². The number of aromatic nitrogens is 1. The fourth-order valence-corrected chi connectivity index (χ4v) is 1.57. The summed E-state index contributed by atoms with van der Waals surface area (Å²) in [4.78, 5) is 14.2. The Balaban J connectivity index is 2.52. The second-order valence-corrected chi connectivity index (χ2v) is 3.54. The summed E-state index contributed by atoms with van der Waals surface area (Å²) in [7, 11) is 0. The summed E-state index contributed by atoms with van der Waals surface area (Å²) in [6.45, 7) is 1.53. The minimum atomic E-state index is -0.506. The van der Waals surface area contributed by atoms with E-state index in [4.69, 9.17) is 0 Å². The summed E-state index contributed by atoms with van der Waals surface area (Å²) in [5.74, 6) is -0.395. The minimum Gasteiger partial charge on any atom is -0.258 e. The Morgan fingerprint density at radius 1 is 1.24 bits per heavy atom. The summed E-state index contributed by atoms with van der Waals surface area (Å²) >= 11 is 0. The molecule has 0 radical (unpaired) electrons. The molecular weight excluding hydrogens is 223 g/mol. The van der Waals surface area contributed by atoms with Crippen LogP contribution in [-0.2, 0) is 0 Å². The smallest absolute Gasteiger partial charge is 0.258 e. The van der Waals surface area contributed by atoms with Crippen molar-refractivity contribution in [2.45, 2.75) is 6.92 Å². The molecule has 0 amide bonds. The summed E-state index contributed by atoms with van der Waals surface area (Å²) in [6, 6.07) is 8.97. The van der Waals surface area contributed by atoms with Gasteiger partial charge in [-0.15, -0.1) is 0 Å². The Morgan fingerprint density at radius 3 is 2.53 bits per heavy atom. The van der Waals surface area contributed by atoms with E-state index in [-0.39, 0.29) is 11.4 Å². The molecule has 0 N–H and O–H groups in total. The molecule has 0 bridgehead atoms. The molecule has 0 spiro atoms. The monoisotopic (exact) mass is 232 g/mol. The zero-order valence-corrected chi connectivity index (χ0v) is 9.05. The second kappa shape index (κ2) is 4.29. The number of pyridine rings is 1. The molecule has 2 aromatic rings. The molecule has 17 heavy (non-hydrogen) atoms. The molecule has 0 aliphatic heterocycles. The normalized spacial score (nSPS) is 10.2. The highest BCUT2D eigenvalue weighted by Gasteiger charge is 2.13. The molecule has 0 aliphatic rings. The van der Waals surface area contributed by atoms with Crippen LogP contribution in [0.3, 0.4) is 0 Å². The third-order valence-electron chi connectivity index (χ3n) is 2.40. The van der Waals surface area contributed by atoms with Crippen molar-refractivity contribution in [1.29, 1.82) is 0 Å². The van der Waals surface area contributed by atoms with Crippen molar-refractivity contribution in [3.63, 3.8) is 0 Å². The summed E-state index contributed by atoms with van der Waals surface area (Å²) in [6.07, 6.45) is 0. The number of nitro groups is 1. The van der Waals surface area contributed by atoms with Crippen molar-refractivity contribution in [3.8, 4) is 11.3 Å². The van der Waals surface area contributed by atoms with Crippen LogP contribution in [0.5, 0.6) is 0 Å². The van der Waals surface area contributed by atoms with Crippen LogP contribution in [0.25, 0.3) is 11.3 Å². The second-order valence-electron chi connectivity index (χ2n) is 3.54. The highest BCUT2D eigenvalue weighted by Crippen LogP contribution is 2.24. The van der Waals surface area contributed by atoms with Gasteiger partial charge in [0.15, 0.2) is 0 Å². The van der Waals surface area contributed by atoms with E-state index in [1.807, 2.05) is 0 Å². The van der Waals surface area contributed by atoms with Crippen LogP contribution in [0.1, 0.15) is 5.69 Å². The van der Waals surface area contributed by atoms with Crippen molar-refractivity contribution in [2.75, 3.05) is 0 Å². The van der Waals surface area contributed by atoms with Gasteiger partial charge in [0.25, 0.3) is 5.69 Å². The summed E-state index contributed by atoms with van der Waals surface area (Å²) in [5, 5.41) is 10.6. The van der Waals surface area contributed by atoms with Gasteiger partial charge in [-0.05, 0) is 25.1 Å². The van der Waals surface area contributed by atoms with Crippen LogP contribution in [0.15, 0.2) is 36.4 Å². The van der Waals surface area contributed by atoms with Crippen molar-refractivity contribution in [1.82, 2.24) is 4.98 Å². The molecule has 1 aromatic carbocycles. The highest BCUT2D eigenvalue weighted by atomic mass is 19.1. The highest BCUT2D eigenvalue weighted by molar-refractivity contribution is 5.61. The molecule has 5 heteroatoms. The van der Waals surface area contributed by atoms with E-state index < -0.39 is 10.7 Å². The van der Waals surface area contributed by atoms with Gasteiger partial charge in [0.1, 0.15) is 11.5 Å². The first-order chi connectivity index (χ1) is 8.09. The Labute approximate surface area is 96.9 Å². The maximum absolute atomic E-state index is 13.5. The van der Waals surface area contributed by atoms with Crippen LogP contribution >= 0.6 is 0 Å². The van der Waals surface area contributed by atoms with Gasteiger partial charge in [-0.25, -0.2) is 9.37 Å². The molecule has 0 atom stereocenters. The molecule has 86 valence electrons. The van der Waals surface area contributed by atoms with E-state index in [9.17, 15) is 14.5 Å². The third-order valence-corrected chi connectivity index (χ3v) is 2.40. The molecule has 0 aliphatic carbocycles. The fraction of sp³-hybridized carbons (Fsp3) is 0.0833. The average Bonchev–Trinajstić information content (AvgIpc) is 2.29. The van der Waals surface area contributed by atoms with Gasteiger partial charge >= 0.3 is 0 Å². The van der Waals surface area contributed by atoms with Gasteiger partial charge in [-0.3, -0.25) is 10.1 Å². The molecule has 0 unspecified atom stereocenters. The predicted molar refractivity (Wildman–Crippen MR) is 61.0 cm³/mol. The lowest BCUT2D eigenvalue weighted by Crippen LogP contribution is -1.96. The number of aryl methyl sites for hydroxylation is 1. The van der Waals surface area contributed by atoms with Gasteiger partial charge in [0.05, 0.1) is 10.6 Å². The number of rotatable bonds is 2. The van der Waals surface area contributed by atoms with E-state index in [1.54, 1.807) is 18.2 Å². The Kier molecular flexibility index (Phi) is 2.82. The van der Waals surface area contributed by atoms with Crippen molar-refractivity contribution >= 4 is 5.69 Å². The predicted octanol–water partition coefficient (Wildman–Crippen LogP) is 3.10. The lowest BCUT2D eigenvalue weighted by atomic mass is 10.1. The van der Waals surface area contributed by atoms with E-state index in [0.29, 0.717) is 11.3 Å². The van der Waals surface area contributed by atoms with E-state index >= 15 is 0 Å². The molecular formula is C12H9FN2O2. The number of hydrogen-bond acceptors (Lipinski definition) is 3. The van der Waals surface area contributed by atoms with E-state index in [1.165, 1.54) is 25.1 Å². The lowest BCUT2D eigenvalue weighted by Gasteiger charge is -2.03. The molecule has 0 fully saturated rings. The maximum Gasteiger partial charge on any atom is 0.290 e. The van der Waals surface area contributed by atoms with Crippen LogP contribution in [-0.4, -0.2) is 9.91 Å². The molecule has 1 heterocycles. The topological polar surface area (TPSA) is 56.0 Å². The first-order valence-corrected chi connectivity index (χ1v) is 4.96. The molecule has 4 nitrogen and oxygen atoms in total. The maximum atomic E-state index is 13.5. The standard InChI is InChI=1S/C12H9FN2O2/c1-8-12(15(16)17)7-6-11(14-8)9-4-2-3-5-10(9)13/h2-7H,1H3. The Hall–Kier alpha value is -2.30. The van der Waals surface area contributed by atoms with Crippen LogP contribution in [0.2, 0.25) is 0 Å². The summed E-state index contributed by atoms with van der Waals surface area (Å²) < 4.78 is 13.5. The lowest BCUT2D eigenvalue weighted by molar-refractivity contribution is -0.385. The quantitative estimate of drug-likeness (QED) is 0.590. The number of nitrogens with zero attached hydrogens (tertiary/aromatic N) is 2. The Morgan fingerprint density at radius 2 is 1.94 bits per heavy atom. The van der Waals surface area contributed by atoms with Crippen LogP contribution in [0.4, 0.5) is 10.1 Å². The summed E-state index contributed by atoms with van der Waals surface area (Å²) in [5.41, 5.74) is 0.942. The Bertz CT molecular complexity index is 584. The van der Waals surface area contributed by atoms with E-state index in [0.717, 1.165) is 0 Å². The average molecular weight is 232 g/mol. The van der Waals surface area contributed by atoms with E-state index in [2.05, 4.69) is 4.98 Å². The first-order valence-electron chi connectivity index (χ1n) is 4.96. The van der Waals surface area contributed by atoms with Gasteiger partial charge in [-0.2, -0.15) is 0 Å². The van der Waals surface area contributed by atoms with Gasteiger partial charge in [0, 0.05) is 11.6 Å². The number of hydrogen-bond donors (Lipinski definition) is 0. The van der Waals surface area contributed by atoms with Gasteiger partial charge < -0.3 is 0 Å². The number of halogens is 1. The third kappa shape index (κ3) is 2.13. The van der Waals surface area contributed by atoms with Gasteiger partial charge in [-0.1, -0.05) is 12.1 Å². The molecule has 2 rings (SSSR count). The number of benzene rings is 1. The largest absolute Gasteiger partial charge is 0.290 e. The zero-order valence-electron chi connectivity index (χ0n) is 9.05. The fourth-order valence-electron chi connectivity index (χ4n) is 1.57. The minimum absolute atomic E-state index is 0.0647. The molecule has 0 saturated carbocycles. The SMILES string of the molecule is Cc1nc(-c2ccccc2F)ccc1[N+](=O)[O-]. The van der Waals surface area contributed by atoms with Crippen LogP contribution < -0.4 is 0 Å². The zero-order chi connectivity index (χ0) is 12.4. The first kappa shape index (κ1) is 11.2. The molecule has 0 saturated heterocycles. The van der Waals surface area contributed by atoms with Crippen molar-refractivity contribution in [2.24, 2.45) is 0 Å². The van der Waals surface area contributed by atoms with Crippen molar-refractivity contribution in [3.05, 3.63) is 58.0 Å².